The number of rotatable bonds is 6. The Kier molecular flexibility index (Phi) is 12.7. The van der Waals surface area contributed by atoms with E-state index in [1.54, 1.807) is 0 Å². The Labute approximate surface area is 174 Å². The van der Waals surface area contributed by atoms with Crippen molar-refractivity contribution in [3.8, 4) is 0 Å². The van der Waals surface area contributed by atoms with Crippen LogP contribution in [0.2, 0.25) is 0 Å². The maximum absolute atomic E-state index is 12.1. The highest BCUT2D eigenvalue weighted by atomic mass is 127. The van der Waals surface area contributed by atoms with Gasteiger partial charge < -0.3 is 20.3 Å². The molecule has 0 aromatic rings. The number of nitrogens with one attached hydrogen (secondary N) is 2. The average molecular weight is 486 g/mol. The van der Waals surface area contributed by atoms with Gasteiger partial charge in [-0.2, -0.15) is 11.8 Å². The number of amides is 1. The van der Waals surface area contributed by atoms with E-state index in [1.807, 2.05) is 37.4 Å². The molecule has 1 heterocycles. The Hall–Kier alpha value is -0.380. The first-order valence-electron chi connectivity index (χ1n) is 8.84. The van der Waals surface area contributed by atoms with Gasteiger partial charge in [-0.25, -0.2) is 4.79 Å². The number of carbonyl (C=O) groups excluding carboxylic acids is 1. The largest absolute Gasteiger partial charge is 0.444 e. The van der Waals surface area contributed by atoms with Crippen molar-refractivity contribution in [1.29, 1.82) is 0 Å². The lowest BCUT2D eigenvalue weighted by Crippen LogP contribution is -2.42. The van der Waals surface area contributed by atoms with Crippen LogP contribution in [-0.2, 0) is 4.74 Å². The zero-order valence-electron chi connectivity index (χ0n) is 16.3. The van der Waals surface area contributed by atoms with Gasteiger partial charge in [-0.15, -0.1) is 24.0 Å². The summed E-state index contributed by atoms with van der Waals surface area (Å²) in [6, 6.07) is 0. The SMILES string of the molecule is CCNC(=NCC1CCN(C(=O)OC(C)(C)C)CC1)NCCSC.I. The number of aliphatic imine (C=N–C) groups is 1. The van der Waals surface area contributed by atoms with Crippen molar-refractivity contribution in [2.45, 2.75) is 46.1 Å². The lowest BCUT2D eigenvalue weighted by atomic mass is 9.97. The molecule has 1 fully saturated rings. The van der Waals surface area contributed by atoms with Crippen LogP contribution in [0, 0.1) is 5.92 Å². The Balaban J connectivity index is 0.00000576. The van der Waals surface area contributed by atoms with Crippen LogP contribution in [0.1, 0.15) is 40.5 Å². The second-order valence-corrected chi connectivity index (χ2v) is 8.04. The van der Waals surface area contributed by atoms with E-state index in [4.69, 9.17) is 4.74 Å². The third kappa shape index (κ3) is 11.0. The van der Waals surface area contributed by atoms with Crippen molar-refractivity contribution in [2.75, 3.05) is 44.7 Å². The van der Waals surface area contributed by atoms with Crippen LogP contribution in [0.4, 0.5) is 4.79 Å². The van der Waals surface area contributed by atoms with Crippen molar-refractivity contribution in [2.24, 2.45) is 10.9 Å². The summed E-state index contributed by atoms with van der Waals surface area (Å²) in [5.41, 5.74) is -0.429. The number of halogens is 1. The Morgan fingerprint density at radius 1 is 1.28 bits per heavy atom. The monoisotopic (exact) mass is 486 g/mol. The standard InChI is InChI=1S/C17H34N4O2S.HI/c1-6-18-15(19-9-12-24-5)20-13-14-7-10-21(11-8-14)16(22)23-17(2,3)4;/h14H,6-13H2,1-5H3,(H2,18,19,20);1H. The van der Waals surface area contributed by atoms with Crippen LogP contribution in [-0.4, -0.2) is 67.3 Å². The highest BCUT2D eigenvalue weighted by Crippen LogP contribution is 2.19. The summed E-state index contributed by atoms with van der Waals surface area (Å²) in [4.78, 5) is 18.6. The van der Waals surface area contributed by atoms with E-state index in [9.17, 15) is 4.79 Å². The summed E-state index contributed by atoms with van der Waals surface area (Å²) in [6.07, 6.45) is 3.86. The minimum Gasteiger partial charge on any atom is -0.444 e. The van der Waals surface area contributed by atoms with Crippen LogP contribution >= 0.6 is 35.7 Å². The van der Waals surface area contributed by atoms with Crippen molar-refractivity contribution >= 4 is 47.8 Å². The van der Waals surface area contributed by atoms with Gasteiger partial charge in [0.05, 0.1) is 0 Å². The minimum absolute atomic E-state index is 0. The molecule has 0 spiro atoms. The molecule has 0 saturated carbocycles. The zero-order valence-corrected chi connectivity index (χ0v) is 19.4. The van der Waals surface area contributed by atoms with E-state index in [-0.39, 0.29) is 30.1 Å². The van der Waals surface area contributed by atoms with Crippen LogP contribution < -0.4 is 10.6 Å². The summed E-state index contributed by atoms with van der Waals surface area (Å²) in [7, 11) is 0. The van der Waals surface area contributed by atoms with Gasteiger partial charge in [0.2, 0.25) is 0 Å². The summed E-state index contributed by atoms with van der Waals surface area (Å²) in [5.74, 6) is 2.49. The minimum atomic E-state index is -0.429. The Morgan fingerprint density at radius 2 is 1.92 bits per heavy atom. The fourth-order valence-corrected chi connectivity index (χ4v) is 2.76. The molecule has 1 aliphatic rings. The van der Waals surface area contributed by atoms with E-state index >= 15 is 0 Å². The molecule has 6 nitrogen and oxygen atoms in total. The van der Waals surface area contributed by atoms with E-state index < -0.39 is 5.60 Å². The number of carbonyl (C=O) groups is 1. The maximum atomic E-state index is 12.1. The number of hydrogen-bond donors (Lipinski definition) is 2. The maximum Gasteiger partial charge on any atom is 0.410 e. The highest BCUT2D eigenvalue weighted by Gasteiger charge is 2.26. The smallest absolute Gasteiger partial charge is 0.410 e. The quantitative estimate of drug-likeness (QED) is 0.261. The summed E-state index contributed by atoms with van der Waals surface area (Å²) in [5, 5.41) is 6.63. The second kappa shape index (κ2) is 12.9. The molecule has 0 atom stereocenters. The number of likely N-dealkylation sites (tertiary alicyclic amines) is 1. The molecular formula is C17H35IN4O2S. The van der Waals surface area contributed by atoms with Crippen molar-refractivity contribution in [3.63, 3.8) is 0 Å². The number of ether oxygens (including phenoxy) is 1. The van der Waals surface area contributed by atoms with Crippen LogP contribution in [0.15, 0.2) is 4.99 Å². The Morgan fingerprint density at radius 3 is 2.44 bits per heavy atom. The van der Waals surface area contributed by atoms with E-state index in [0.717, 1.165) is 57.3 Å². The first-order valence-corrected chi connectivity index (χ1v) is 10.2. The molecule has 0 radical (unpaired) electrons. The molecule has 1 saturated heterocycles. The molecule has 2 N–H and O–H groups in total. The first-order chi connectivity index (χ1) is 11.4. The molecule has 1 amide bonds. The Bertz CT molecular complexity index is 408. The molecule has 1 aliphatic heterocycles. The molecule has 0 aromatic heterocycles. The first kappa shape index (κ1) is 24.6. The molecule has 0 aromatic carbocycles. The van der Waals surface area contributed by atoms with E-state index in [2.05, 4.69) is 28.8 Å². The van der Waals surface area contributed by atoms with Crippen LogP contribution in [0.5, 0.6) is 0 Å². The summed E-state index contributed by atoms with van der Waals surface area (Å²) >= 11 is 1.82. The lowest BCUT2D eigenvalue weighted by Gasteiger charge is -2.33. The topological polar surface area (TPSA) is 66.0 Å². The predicted octanol–water partition coefficient (Wildman–Crippen LogP) is 3.17. The third-order valence-corrected chi connectivity index (χ3v) is 4.33. The van der Waals surface area contributed by atoms with Crippen molar-refractivity contribution in [1.82, 2.24) is 15.5 Å². The molecule has 0 bridgehead atoms. The molecule has 8 heteroatoms. The van der Waals surface area contributed by atoms with Gasteiger partial charge >= 0.3 is 6.09 Å². The normalized spacial score (nSPS) is 16.2. The number of hydrogen-bond acceptors (Lipinski definition) is 4. The van der Waals surface area contributed by atoms with Crippen LogP contribution in [0.3, 0.4) is 0 Å². The molecule has 0 unspecified atom stereocenters. The number of nitrogens with zero attached hydrogens (tertiary/aromatic N) is 2. The fourth-order valence-electron chi connectivity index (χ4n) is 2.46. The van der Waals surface area contributed by atoms with Gasteiger partial charge in [0, 0.05) is 38.5 Å². The van der Waals surface area contributed by atoms with Crippen molar-refractivity contribution < 1.29 is 9.53 Å². The molecule has 148 valence electrons. The van der Waals surface area contributed by atoms with E-state index in [1.165, 1.54) is 0 Å². The van der Waals surface area contributed by atoms with E-state index in [0.29, 0.717) is 5.92 Å². The number of guanidine groups is 1. The molecule has 0 aliphatic carbocycles. The zero-order chi connectivity index (χ0) is 18.0. The second-order valence-electron chi connectivity index (χ2n) is 7.05. The van der Waals surface area contributed by atoms with Crippen LogP contribution in [0.25, 0.3) is 0 Å². The van der Waals surface area contributed by atoms with Gasteiger partial charge in [-0.3, -0.25) is 4.99 Å². The van der Waals surface area contributed by atoms with Gasteiger partial charge in [0.15, 0.2) is 5.96 Å². The molecule has 1 rings (SSSR count). The lowest BCUT2D eigenvalue weighted by molar-refractivity contribution is 0.0187. The van der Waals surface area contributed by atoms with Gasteiger partial charge in [-0.1, -0.05) is 0 Å². The van der Waals surface area contributed by atoms with Gasteiger partial charge in [-0.05, 0) is 52.7 Å². The summed E-state index contributed by atoms with van der Waals surface area (Å²) < 4.78 is 5.43. The fraction of sp³-hybridized carbons (Fsp3) is 0.882. The molecule has 25 heavy (non-hydrogen) atoms. The summed E-state index contributed by atoms with van der Waals surface area (Å²) in [6.45, 7) is 11.9. The van der Waals surface area contributed by atoms with Gasteiger partial charge in [0.1, 0.15) is 5.60 Å². The number of piperidine rings is 1. The van der Waals surface area contributed by atoms with Crippen molar-refractivity contribution in [3.05, 3.63) is 0 Å². The third-order valence-electron chi connectivity index (χ3n) is 3.72. The van der Waals surface area contributed by atoms with Gasteiger partial charge in [0.25, 0.3) is 0 Å². The number of thioether (sulfide) groups is 1. The predicted molar refractivity (Wildman–Crippen MR) is 118 cm³/mol. The molecular weight excluding hydrogens is 451 g/mol. The highest BCUT2D eigenvalue weighted by molar-refractivity contribution is 14.0. The average Bonchev–Trinajstić information content (AvgIpc) is 2.51.